The molecule has 0 aliphatic carbocycles. The Morgan fingerprint density at radius 1 is 0.788 bits per heavy atom. The topological polar surface area (TPSA) is 78.5 Å². The van der Waals surface area contributed by atoms with E-state index < -0.39 is 11.8 Å². The minimum Gasteiger partial charge on any atom is -0.350 e. The summed E-state index contributed by atoms with van der Waals surface area (Å²) >= 11 is 6.22. The van der Waals surface area contributed by atoms with Gasteiger partial charge >= 0.3 is 0 Å². The number of benzene rings is 3. The zero-order chi connectivity index (χ0) is 23.7. The Labute approximate surface area is 196 Å². The standard InChI is InChI=1S/C26H22ClN3O3/c1-15-5-4-6-20(12-15)29-24(31)18-7-9-19(10-8-18)28-23-22(27)25(32)30(26(23)33)21-13-16(2)11-17(3)14-21/h4-14,28H,1-3H3,(H,29,31). The number of amides is 3. The van der Waals surface area contributed by atoms with Gasteiger partial charge in [0, 0.05) is 16.9 Å². The third-order valence-electron chi connectivity index (χ3n) is 5.18. The van der Waals surface area contributed by atoms with Crippen molar-refractivity contribution in [1.29, 1.82) is 0 Å². The number of carbonyl (C=O) groups is 3. The van der Waals surface area contributed by atoms with E-state index in [0.717, 1.165) is 21.6 Å². The van der Waals surface area contributed by atoms with Gasteiger partial charge in [0.1, 0.15) is 10.7 Å². The second-order valence-electron chi connectivity index (χ2n) is 8.01. The molecule has 2 N–H and O–H groups in total. The lowest BCUT2D eigenvalue weighted by Gasteiger charge is -2.16. The fraction of sp³-hybridized carbons (Fsp3) is 0.115. The van der Waals surface area contributed by atoms with Gasteiger partial charge in [-0.3, -0.25) is 14.4 Å². The number of aryl methyl sites for hydroxylation is 3. The van der Waals surface area contributed by atoms with Crippen molar-refractivity contribution >= 4 is 46.4 Å². The van der Waals surface area contributed by atoms with Gasteiger partial charge in [-0.05, 0) is 86.0 Å². The van der Waals surface area contributed by atoms with Crippen LogP contribution in [0.2, 0.25) is 0 Å². The first-order valence-electron chi connectivity index (χ1n) is 10.3. The lowest BCUT2D eigenvalue weighted by molar-refractivity contribution is -0.120. The van der Waals surface area contributed by atoms with Crippen molar-refractivity contribution in [3.05, 3.63) is 99.7 Å². The van der Waals surface area contributed by atoms with Crippen LogP contribution in [0.25, 0.3) is 0 Å². The molecule has 6 nitrogen and oxygen atoms in total. The van der Waals surface area contributed by atoms with Crippen molar-refractivity contribution in [3.63, 3.8) is 0 Å². The normalized spacial score (nSPS) is 13.5. The van der Waals surface area contributed by atoms with Gasteiger partial charge in [0.15, 0.2) is 0 Å². The highest BCUT2D eigenvalue weighted by Gasteiger charge is 2.39. The van der Waals surface area contributed by atoms with Crippen LogP contribution in [0, 0.1) is 20.8 Å². The largest absolute Gasteiger partial charge is 0.350 e. The van der Waals surface area contributed by atoms with Gasteiger partial charge in [-0.25, -0.2) is 4.90 Å². The van der Waals surface area contributed by atoms with Gasteiger partial charge < -0.3 is 10.6 Å². The monoisotopic (exact) mass is 459 g/mol. The summed E-state index contributed by atoms with van der Waals surface area (Å²) in [5.41, 5.74) is 5.07. The highest BCUT2D eigenvalue weighted by molar-refractivity contribution is 6.53. The molecule has 0 spiro atoms. The first-order chi connectivity index (χ1) is 15.7. The molecule has 0 aromatic heterocycles. The number of nitrogens with one attached hydrogen (secondary N) is 2. The van der Waals surface area contributed by atoms with Crippen LogP contribution < -0.4 is 15.5 Å². The van der Waals surface area contributed by atoms with Crippen LogP contribution in [0.1, 0.15) is 27.0 Å². The Kier molecular flexibility index (Phi) is 6.03. The van der Waals surface area contributed by atoms with E-state index in [2.05, 4.69) is 10.6 Å². The molecule has 0 atom stereocenters. The van der Waals surface area contributed by atoms with Crippen molar-refractivity contribution in [3.8, 4) is 0 Å². The molecule has 3 aromatic rings. The minimum atomic E-state index is -0.580. The molecule has 0 saturated heterocycles. The van der Waals surface area contributed by atoms with Gasteiger partial charge in [0.05, 0.1) is 5.69 Å². The first-order valence-corrected chi connectivity index (χ1v) is 10.7. The van der Waals surface area contributed by atoms with Gasteiger partial charge in [-0.1, -0.05) is 29.8 Å². The van der Waals surface area contributed by atoms with Gasteiger partial charge in [0.25, 0.3) is 17.7 Å². The maximum absolute atomic E-state index is 13.0. The van der Waals surface area contributed by atoms with Crippen LogP contribution in [0.5, 0.6) is 0 Å². The van der Waals surface area contributed by atoms with Crippen molar-refractivity contribution in [1.82, 2.24) is 0 Å². The number of nitrogens with zero attached hydrogens (tertiary/aromatic N) is 1. The van der Waals surface area contributed by atoms with E-state index >= 15 is 0 Å². The third-order valence-corrected chi connectivity index (χ3v) is 5.53. The van der Waals surface area contributed by atoms with Crippen molar-refractivity contribution < 1.29 is 14.4 Å². The fourth-order valence-electron chi connectivity index (χ4n) is 3.70. The molecule has 166 valence electrons. The van der Waals surface area contributed by atoms with Gasteiger partial charge in [-0.2, -0.15) is 0 Å². The number of halogens is 1. The number of imide groups is 1. The molecule has 1 aliphatic rings. The molecule has 1 heterocycles. The predicted octanol–water partition coefficient (Wildman–Crippen LogP) is 5.30. The molecule has 3 amide bonds. The minimum absolute atomic E-state index is 0.00205. The van der Waals surface area contributed by atoms with Crippen LogP contribution in [0.4, 0.5) is 17.1 Å². The summed E-state index contributed by atoms with van der Waals surface area (Å²) in [5, 5.41) is 5.60. The summed E-state index contributed by atoms with van der Waals surface area (Å²) < 4.78 is 0. The van der Waals surface area contributed by atoms with E-state index in [9.17, 15) is 14.4 Å². The zero-order valence-corrected chi connectivity index (χ0v) is 19.2. The number of carbonyl (C=O) groups excluding carboxylic acids is 3. The van der Waals surface area contributed by atoms with E-state index in [1.165, 1.54) is 0 Å². The number of hydrogen-bond donors (Lipinski definition) is 2. The Morgan fingerprint density at radius 2 is 1.45 bits per heavy atom. The summed E-state index contributed by atoms with van der Waals surface area (Å²) in [7, 11) is 0. The number of hydrogen-bond acceptors (Lipinski definition) is 4. The Balaban J connectivity index is 1.50. The Morgan fingerprint density at radius 3 is 2.09 bits per heavy atom. The SMILES string of the molecule is Cc1cccc(NC(=O)c2ccc(NC3=C(Cl)C(=O)N(c4cc(C)cc(C)c4)C3=O)cc2)c1. The Hall–Kier alpha value is -3.90. The summed E-state index contributed by atoms with van der Waals surface area (Å²) in [6.45, 7) is 5.74. The molecule has 0 bridgehead atoms. The number of rotatable bonds is 5. The first kappa shape index (κ1) is 22.3. The summed E-state index contributed by atoms with van der Waals surface area (Å²) in [6.07, 6.45) is 0. The van der Waals surface area contributed by atoms with Crippen molar-refractivity contribution in [2.75, 3.05) is 15.5 Å². The second kappa shape index (κ2) is 8.92. The molecule has 1 aliphatic heterocycles. The average molecular weight is 460 g/mol. The smallest absolute Gasteiger partial charge is 0.283 e. The maximum atomic E-state index is 13.0. The van der Waals surface area contributed by atoms with Crippen molar-refractivity contribution in [2.45, 2.75) is 20.8 Å². The van der Waals surface area contributed by atoms with E-state index in [1.807, 2.05) is 51.1 Å². The molecule has 33 heavy (non-hydrogen) atoms. The molecule has 0 radical (unpaired) electrons. The predicted molar refractivity (Wildman–Crippen MR) is 130 cm³/mol. The quantitative estimate of drug-likeness (QED) is 0.507. The summed E-state index contributed by atoms with van der Waals surface area (Å²) in [4.78, 5) is 39.3. The molecular weight excluding hydrogens is 438 g/mol. The lowest BCUT2D eigenvalue weighted by atomic mass is 10.1. The van der Waals surface area contributed by atoms with Crippen molar-refractivity contribution in [2.24, 2.45) is 0 Å². The van der Waals surface area contributed by atoms with Crippen LogP contribution in [0.3, 0.4) is 0 Å². The molecular formula is C26H22ClN3O3. The molecule has 0 fully saturated rings. The fourth-order valence-corrected chi connectivity index (χ4v) is 3.91. The highest BCUT2D eigenvalue weighted by atomic mass is 35.5. The van der Waals surface area contributed by atoms with Crippen LogP contribution in [-0.2, 0) is 9.59 Å². The van der Waals surface area contributed by atoms with E-state index in [-0.39, 0.29) is 16.6 Å². The van der Waals surface area contributed by atoms with E-state index in [4.69, 9.17) is 11.6 Å². The third kappa shape index (κ3) is 4.66. The number of anilines is 3. The molecule has 3 aromatic carbocycles. The maximum Gasteiger partial charge on any atom is 0.283 e. The summed E-state index contributed by atoms with van der Waals surface area (Å²) in [5.74, 6) is -1.36. The van der Waals surface area contributed by atoms with Gasteiger partial charge in [-0.15, -0.1) is 0 Å². The van der Waals surface area contributed by atoms with Crippen LogP contribution >= 0.6 is 11.6 Å². The molecule has 0 unspecified atom stereocenters. The lowest BCUT2D eigenvalue weighted by Crippen LogP contribution is -2.32. The van der Waals surface area contributed by atoms with Crippen LogP contribution in [-0.4, -0.2) is 17.7 Å². The Bertz CT molecular complexity index is 1290. The van der Waals surface area contributed by atoms with E-state index in [0.29, 0.717) is 22.6 Å². The summed E-state index contributed by atoms with van der Waals surface area (Å²) in [6, 6.07) is 19.6. The van der Waals surface area contributed by atoms with Gasteiger partial charge in [0.2, 0.25) is 0 Å². The molecule has 0 saturated carbocycles. The van der Waals surface area contributed by atoms with E-state index in [1.54, 1.807) is 36.4 Å². The average Bonchev–Trinajstić information content (AvgIpc) is 2.96. The highest BCUT2D eigenvalue weighted by Crippen LogP contribution is 2.31. The zero-order valence-electron chi connectivity index (χ0n) is 18.4. The molecule has 7 heteroatoms. The molecule has 4 rings (SSSR count). The second-order valence-corrected chi connectivity index (χ2v) is 8.38. The van der Waals surface area contributed by atoms with Crippen LogP contribution in [0.15, 0.2) is 77.5 Å².